The molecule has 10 heteroatoms. The van der Waals surface area contributed by atoms with Crippen LogP contribution in [0.5, 0.6) is 0 Å². The number of piperidine rings is 2. The first-order chi connectivity index (χ1) is 16.7. The summed E-state index contributed by atoms with van der Waals surface area (Å²) in [4.78, 5) is 20.8. The van der Waals surface area contributed by atoms with E-state index in [0.717, 1.165) is 87.3 Å². The fraction of sp³-hybridized carbons (Fsp3) is 0.600. The fourth-order valence-corrected chi connectivity index (χ4v) is 5.33. The third-order valence-electron chi connectivity index (χ3n) is 7.46. The van der Waals surface area contributed by atoms with Crippen LogP contribution >= 0.6 is 12.4 Å². The van der Waals surface area contributed by atoms with Gasteiger partial charge in [0.15, 0.2) is 0 Å². The maximum absolute atomic E-state index is 11.7. The average Bonchev–Trinajstić information content (AvgIpc) is 3.53. The van der Waals surface area contributed by atoms with Gasteiger partial charge in [-0.3, -0.25) is 0 Å². The molecule has 0 N–H and O–H groups in total. The molecule has 0 aliphatic carbocycles. The van der Waals surface area contributed by atoms with Crippen molar-refractivity contribution >= 4 is 29.4 Å². The molecule has 5 rings (SSSR count). The van der Waals surface area contributed by atoms with E-state index >= 15 is 0 Å². The van der Waals surface area contributed by atoms with E-state index in [4.69, 9.17) is 19.3 Å². The lowest BCUT2D eigenvalue weighted by atomic mass is 9.92. The highest BCUT2D eigenvalue weighted by molar-refractivity contribution is 5.85. The molecular formula is C25H35ClN6O3. The highest BCUT2D eigenvalue weighted by Crippen LogP contribution is 2.29. The largest absolute Gasteiger partial charge is 0.453 e. The molecule has 2 aliphatic heterocycles. The Morgan fingerprint density at radius 2 is 1.86 bits per heavy atom. The number of hydrogen-bond acceptors (Lipinski definition) is 7. The standard InChI is InChI=1S/C25H34N6O3.ClH/c1-3-21-20-6-4-5-7-22(20)31(27-21)24-26-23(34-28-24)19-11-14-29(15-12-19)13-8-18-9-16-30(17-10-18)25(32)33-2;/h4-7,18-19H,3,8-17H2,1-2H3;1H. The summed E-state index contributed by atoms with van der Waals surface area (Å²) < 4.78 is 12.3. The quantitative estimate of drug-likeness (QED) is 0.492. The highest BCUT2D eigenvalue weighted by Gasteiger charge is 2.28. The number of benzene rings is 1. The molecule has 2 aliphatic rings. The molecule has 0 bridgehead atoms. The van der Waals surface area contributed by atoms with Gasteiger partial charge in [0, 0.05) is 24.4 Å². The summed E-state index contributed by atoms with van der Waals surface area (Å²) >= 11 is 0. The predicted octanol–water partition coefficient (Wildman–Crippen LogP) is 4.44. The maximum Gasteiger partial charge on any atom is 0.409 e. The van der Waals surface area contributed by atoms with Crippen molar-refractivity contribution in [3.05, 3.63) is 35.9 Å². The van der Waals surface area contributed by atoms with E-state index in [1.165, 1.54) is 13.5 Å². The number of fused-ring (bicyclic) bond motifs is 1. The minimum atomic E-state index is -0.198. The zero-order valence-corrected chi connectivity index (χ0v) is 21.4. The van der Waals surface area contributed by atoms with Crippen LogP contribution in [0.4, 0.5) is 4.79 Å². The van der Waals surface area contributed by atoms with Crippen molar-refractivity contribution in [1.82, 2.24) is 29.7 Å². The van der Waals surface area contributed by atoms with Crippen LogP contribution in [0.2, 0.25) is 0 Å². The van der Waals surface area contributed by atoms with Gasteiger partial charge in [-0.05, 0) is 75.3 Å². The van der Waals surface area contributed by atoms with Crippen LogP contribution in [0.15, 0.2) is 28.8 Å². The van der Waals surface area contributed by atoms with Gasteiger partial charge in [-0.25, -0.2) is 4.79 Å². The average molecular weight is 503 g/mol. The number of likely N-dealkylation sites (tertiary alicyclic amines) is 2. The summed E-state index contributed by atoms with van der Waals surface area (Å²) in [6.45, 7) is 6.94. The molecule has 2 fully saturated rings. The van der Waals surface area contributed by atoms with Gasteiger partial charge in [0.2, 0.25) is 5.89 Å². The van der Waals surface area contributed by atoms with Crippen molar-refractivity contribution in [1.29, 1.82) is 0 Å². The Balaban J connectivity index is 0.00000289. The van der Waals surface area contributed by atoms with Crippen LogP contribution in [0, 0.1) is 5.92 Å². The van der Waals surface area contributed by atoms with Gasteiger partial charge in [0.05, 0.1) is 18.3 Å². The lowest BCUT2D eigenvalue weighted by Gasteiger charge is -2.34. The molecule has 2 aromatic heterocycles. The smallest absolute Gasteiger partial charge is 0.409 e. The van der Waals surface area contributed by atoms with Gasteiger partial charge in [-0.2, -0.15) is 14.8 Å². The molecule has 4 heterocycles. The Hall–Kier alpha value is -2.65. The number of carbonyl (C=O) groups is 1. The molecule has 3 aromatic rings. The molecule has 1 aromatic carbocycles. The van der Waals surface area contributed by atoms with E-state index < -0.39 is 0 Å². The van der Waals surface area contributed by atoms with Gasteiger partial charge in [-0.1, -0.05) is 25.1 Å². The Labute approximate surface area is 212 Å². The molecule has 0 unspecified atom stereocenters. The third-order valence-corrected chi connectivity index (χ3v) is 7.46. The molecule has 35 heavy (non-hydrogen) atoms. The Kier molecular flexibility index (Phi) is 8.28. The third kappa shape index (κ3) is 5.46. The van der Waals surface area contributed by atoms with Crippen molar-refractivity contribution in [2.24, 2.45) is 5.92 Å². The number of aromatic nitrogens is 4. The van der Waals surface area contributed by atoms with Crippen molar-refractivity contribution in [2.75, 3.05) is 39.8 Å². The molecule has 0 atom stereocenters. The van der Waals surface area contributed by atoms with E-state index in [2.05, 4.69) is 29.1 Å². The first-order valence-electron chi connectivity index (χ1n) is 12.5. The van der Waals surface area contributed by atoms with Crippen LogP contribution in [0.3, 0.4) is 0 Å². The predicted molar refractivity (Wildman–Crippen MR) is 135 cm³/mol. The SMILES string of the molecule is CCc1nn(-c2noc(C3CCN(CCC4CCN(C(=O)OC)CC4)CC3)n2)c2ccccc12.Cl. The molecule has 9 nitrogen and oxygen atoms in total. The summed E-state index contributed by atoms with van der Waals surface area (Å²) in [5.41, 5.74) is 2.06. The van der Waals surface area contributed by atoms with Crippen LogP contribution in [0.1, 0.15) is 56.5 Å². The van der Waals surface area contributed by atoms with Gasteiger partial charge < -0.3 is 19.1 Å². The van der Waals surface area contributed by atoms with Crippen molar-refractivity contribution in [2.45, 2.75) is 51.4 Å². The lowest BCUT2D eigenvalue weighted by molar-refractivity contribution is 0.101. The van der Waals surface area contributed by atoms with Crippen molar-refractivity contribution in [3.8, 4) is 5.95 Å². The van der Waals surface area contributed by atoms with Crippen LogP contribution in [-0.2, 0) is 11.2 Å². The lowest BCUT2D eigenvalue weighted by Crippen LogP contribution is -2.40. The van der Waals surface area contributed by atoms with Crippen LogP contribution < -0.4 is 0 Å². The van der Waals surface area contributed by atoms with E-state index in [1.807, 2.05) is 21.7 Å². The second kappa shape index (κ2) is 11.4. The Bertz CT molecular complexity index is 1120. The molecule has 190 valence electrons. The second-order valence-corrected chi connectivity index (χ2v) is 9.47. The number of rotatable bonds is 6. The monoisotopic (exact) mass is 502 g/mol. The summed E-state index contributed by atoms with van der Waals surface area (Å²) in [5, 5.41) is 10.1. The highest BCUT2D eigenvalue weighted by atomic mass is 35.5. The van der Waals surface area contributed by atoms with Gasteiger partial charge >= 0.3 is 6.09 Å². The number of amides is 1. The van der Waals surface area contributed by atoms with E-state index in [0.29, 0.717) is 17.8 Å². The van der Waals surface area contributed by atoms with E-state index in [9.17, 15) is 4.79 Å². The molecule has 0 saturated carbocycles. The topological polar surface area (TPSA) is 89.5 Å². The molecule has 0 radical (unpaired) electrons. The number of methoxy groups -OCH3 is 1. The fourth-order valence-electron chi connectivity index (χ4n) is 5.33. The van der Waals surface area contributed by atoms with E-state index in [1.54, 1.807) is 0 Å². The van der Waals surface area contributed by atoms with Crippen molar-refractivity contribution in [3.63, 3.8) is 0 Å². The Morgan fingerprint density at radius 3 is 2.57 bits per heavy atom. The first kappa shape index (κ1) is 25.4. The molecular weight excluding hydrogens is 468 g/mol. The number of ether oxygens (including phenoxy) is 1. The summed E-state index contributed by atoms with van der Waals surface area (Å²) in [6, 6.07) is 8.19. The first-order valence-corrected chi connectivity index (χ1v) is 12.5. The van der Waals surface area contributed by atoms with Gasteiger partial charge in [0.25, 0.3) is 5.95 Å². The molecule has 2 saturated heterocycles. The minimum absolute atomic E-state index is 0. The minimum Gasteiger partial charge on any atom is -0.453 e. The Morgan fingerprint density at radius 1 is 1.11 bits per heavy atom. The van der Waals surface area contributed by atoms with Crippen molar-refractivity contribution < 1.29 is 14.1 Å². The molecule has 0 spiro atoms. The zero-order valence-electron chi connectivity index (χ0n) is 20.6. The number of para-hydroxylation sites is 1. The maximum atomic E-state index is 11.7. The number of hydrogen-bond donors (Lipinski definition) is 0. The number of nitrogens with zero attached hydrogens (tertiary/aromatic N) is 6. The van der Waals surface area contributed by atoms with Crippen LogP contribution in [-0.4, -0.2) is 75.6 Å². The summed E-state index contributed by atoms with van der Waals surface area (Å²) in [5.74, 6) is 2.23. The summed E-state index contributed by atoms with van der Waals surface area (Å²) in [7, 11) is 1.45. The second-order valence-electron chi connectivity index (χ2n) is 9.47. The number of aryl methyl sites for hydroxylation is 1. The summed E-state index contributed by atoms with van der Waals surface area (Å²) in [6.07, 6.45) is 6.05. The van der Waals surface area contributed by atoms with E-state index in [-0.39, 0.29) is 18.5 Å². The normalized spacial score (nSPS) is 18.1. The van der Waals surface area contributed by atoms with Crippen LogP contribution in [0.25, 0.3) is 16.9 Å². The number of carbonyl (C=O) groups excluding carboxylic acids is 1. The van der Waals surface area contributed by atoms with Gasteiger partial charge in [-0.15, -0.1) is 12.4 Å². The molecule has 1 amide bonds. The zero-order chi connectivity index (χ0) is 23.5. The number of halogens is 1. The van der Waals surface area contributed by atoms with Gasteiger partial charge in [0.1, 0.15) is 0 Å².